The molecule has 0 rings (SSSR count). The third-order valence-electron chi connectivity index (χ3n) is 0.756. The smallest absolute Gasteiger partial charge is 0.198 e. The van der Waals surface area contributed by atoms with E-state index in [4.69, 9.17) is 0 Å². The van der Waals surface area contributed by atoms with E-state index in [-0.39, 0.29) is 5.92 Å². The van der Waals surface area contributed by atoms with Gasteiger partial charge in [-0.2, -0.15) is 35.1 Å². The first-order valence-electron chi connectivity index (χ1n) is 2.76. The first kappa shape index (κ1) is 12.7. The summed E-state index contributed by atoms with van der Waals surface area (Å²) in [7, 11) is 0. The molecule has 0 radical (unpaired) electrons. The fourth-order valence-electron chi connectivity index (χ4n) is 0.305. The topological polar surface area (TPSA) is 0 Å². The molecule has 0 aliphatic rings. The monoisotopic (exact) mass is 224 g/mol. The van der Waals surface area contributed by atoms with Crippen molar-refractivity contribution in [3.05, 3.63) is 11.7 Å². The Hall–Kier alpha value is -1.26. The summed E-state index contributed by atoms with van der Waals surface area (Å²) >= 11 is 0. The summed E-state index contributed by atoms with van der Waals surface area (Å²) in [5.74, 6) is -5.56. The number of allylic oxidation sites excluding steroid dienone is 2. The molecule has 14 heavy (non-hydrogen) atoms. The van der Waals surface area contributed by atoms with Crippen LogP contribution in [-0.4, -0.2) is 12.4 Å². The number of alkyl halides is 6. The van der Waals surface area contributed by atoms with Gasteiger partial charge in [0.15, 0.2) is 0 Å². The molecule has 0 bridgehead atoms. The van der Waals surface area contributed by atoms with E-state index < -0.39 is 24.0 Å². The highest BCUT2D eigenvalue weighted by atomic mass is 19.4. The fraction of sp³-hybridized carbons (Fsp3) is 0.333. The molecule has 0 spiro atoms. The van der Waals surface area contributed by atoms with Crippen LogP contribution in [0.4, 0.5) is 35.1 Å². The molecule has 0 saturated heterocycles. The van der Waals surface area contributed by atoms with Crippen LogP contribution in [0.15, 0.2) is 11.7 Å². The molecule has 0 amide bonds. The quantitative estimate of drug-likeness (QED) is 0.437. The van der Waals surface area contributed by atoms with Crippen LogP contribution in [0.5, 0.6) is 0 Å². The van der Waals surface area contributed by atoms with Crippen LogP contribution < -0.4 is 0 Å². The van der Waals surface area contributed by atoms with Crippen molar-refractivity contribution < 1.29 is 35.1 Å². The van der Waals surface area contributed by atoms with Crippen LogP contribution >= 0.6 is 0 Å². The normalized spacial score (nSPS) is 14.3. The highest BCUT2D eigenvalue weighted by Crippen LogP contribution is 2.29. The van der Waals surface area contributed by atoms with Crippen LogP contribution in [0.1, 0.15) is 0 Å². The van der Waals surface area contributed by atoms with E-state index in [9.17, 15) is 35.1 Å². The highest BCUT2D eigenvalue weighted by molar-refractivity contribution is 5.28. The van der Waals surface area contributed by atoms with Crippen molar-refractivity contribution in [2.45, 2.75) is 12.4 Å². The largest absolute Gasteiger partial charge is 0.458 e. The van der Waals surface area contributed by atoms with Crippen LogP contribution in [0, 0.1) is 11.8 Å². The summed E-state index contributed by atoms with van der Waals surface area (Å²) in [5.41, 5.74) is 0. The molecule has 8 heteroatoms. The van der Waals surface area contributed by atoms with E-state index in [2.05, 4.69) is 0 Å². The first-order valence-corrected chi connectivity index (χ1v) is 2.76. The molecule has 0 heterocycles. The zero-order valence-electron chi connectivity index (χ0n) is 6.02. The van der Waals surface area contributed by atoms with Gasteiger partial charge in [0.2, 0.25) is 11.7 Å². The third kappa shape index (κ3) is 4.69. The van der Waals surface area contributed by atoms with Crippen molar-refractivity contribution in [3.8, 4) is 11.8 Å². The van der Waals surface area contributed by atoms with E-state index in [0.29, 0.717) is 5.92 Å². The predicted molar refractivity (Wildman–Crippen MR) is 29.1 cm³/mol. The molecular formula is C6F8. The zero-order chi connectivity index (χ0) is 11.6. The Balaban J connectivity index is 4.94. The SMILES string of the molecule is FC(C#CC(F)(F)F)=C(F)C(F)(F)F. The predicted octanol–water partition coefficient (Wildman–Crippen LogP) is 3.26. The van der Waals surface area contributed by atoms with Crippen molar-refractivity contribution >= 4 is 0 Å². The van der Waals surface area contributed by atoms with Crippen LogP contribution in [0.3, 0.4) is 0 Å². The standard InChI is InChI=1S/C6F8/c7-3(1-2-5(9,10)11)4(8)6(12,13)14. The van der Waals surface area contributed by atoms with Crippen LogP contribution in [0.2, 0.25) is 0 Å². The second-order valence-corrected chi connectivity index (χ2v) is 1.87. The van der Waals surface area contributed by atoms with E-state index in [0.717, 1.165) is 0 Å². The third-order valence-corrected chi connectivity index (χ3v) is 0.756. The van der Waals surface area contributed by atoms with Crippen molar-refractivity contribution in [2.24, 2.45) is 0 Å². The van der Waals surface area contributed by atoms with Gasteiger partial charge in [-0.15, -0.1) is 0 Å². The number of rotatable bonds is 0. The molecule has 0 fully saturated rings. The lowest BCUT2D eigenvalue weighted by molar-refractivity contribution is -0.110. The van der Waals surface area contributed by atoms with Crippen molar-refractivity contribution in [2.75, 3.05) is 0 Å². The molecule has 0 aromatic carbocycles. The summed E-state index contributed by atoms with van der Waals surface area (Å²) in [5, 5.41) is 0. The molecule has 0 aliphatic carbocycles. The number of halogens is 8. The average Bonchev–Trinajstić information content (AvgIpc) is 1.95. The maximum Gasteiger partial charge on any atom is 0.458 e. The molecule has 0 aromatic heterocycles. The lowest BCUT2D eigenvalue weighted by atomic mass is 10.4. The fourth-order valence-corrected chi connectivity index (χ4v) is 0.305. The Bertz CT molecular complexity index is 293. The van der Waals surface area contributed by atoms with E-state index in [1.165, 1.54) is 0 Å². The van der Waals surface area contributed by atoms with Gasteiger partial charge in [0.25, 0.3) is 0 Å². The van der Waals surface area contributed by atoms with E-state index >= 15 is 0 Å². The van der Waals surface area contributed by atoms with Gasteiger partial charge in [-0.1, -0.05) is 0 Å². The van der Waals surface area contributed by atoms with E-state index in [1.54, 1.807) is 0 Å². The minimum atomic E-state index is -5.68. The highest BCUT2D eigenvalue weighted by Gasteiger charge is 2.38. The first-order chi connectivity index (χ1) is 6.04. The Labute approximate surface area is 72.2 Å². The lowest BCUT2D eigenvalue weighted by Gasteiger charge is -2.00. The molecule has 0 aliphatic heterocycles. The molecule has 80 valence electrons. The molecule has 0 atom stereocenters. The van der Waals surface area contributed by atoms with Gasteiger partial charge in [-0.25, -0.2) is 0 Å². The van der Waals surface area contributed by atoms with Crippen LogP contribution in [0.25, 0.3) is 0 Å². The minimum absolute atomic E-state index is 0.152. The van der Waals surface area contributed by atoms with E-state index in [1.807, 2.05) is 0 Å². The lowest BCUT2D eigenvalue weighted by Crippen LogP contribution is -2.09. The average molecular weight is 224 g/mol. The zero-order valence-corrected chi connectivity index (χ0v) is 6.02. The molecular weight excluding hydrogens is 224 g/mol. The van der Waals surface area contributed by atoms with Gasteiger partial charge in [-0.3, -0.25) is 0 Å². The molecule has 0 nitrogen and oxygen atoms in total. The molecule has 0 unspecified atom stereocenters. The summed E-state index contributed by atoms with van der Waals surface area (Å²) in [6.45, 7) is 0. The Morgan fingerprint density at radius 2 is 1.29 bits per heavy atom. The second kappa shape index (κ2) is 3.86. The van der Waals surface area contributed by atoms with Gasteiger partial charge in [0, 0.05) is 5.92 Å². The second-order valence-electron chi connectivity index (χ2n) is 1.87. The number of hydrogen-bond donors (Lipinski definition) is 0. The van der Waals surface area contributed by atoms with Crippen molar-refractivity contribution in [3.63, 3.8) is 0 Å². The van der Waals surface area contributed by atoms with Gasteiger partial charge in [0.1, 0.15) is 0 Å². The summed E-state index contributed by atoms with van der Waals surface area (Å²) < 4.78 is 91.2. The van der Waals surface area contributed by atoms with Crippen LogP contribution in [-0.2, 0) is 0 Å². The number of hydrogen-bond acceptors (Lipinski definition) is 0. The van der Waals surface area contributed by atoms with Crippen molar-refractivity contribution in [1.82, 2.24) is 0 Å². The summed E-state index contributed by atoms with van der Waals surface area (Å²) in [6.07, 6.45) is -10.9. The summed E-state index contributed by atoms with van der Waals surface area (Å²) in [6, 6.07) is 0. The maximum atomic E-state index is 11.9. The molecule has 0 aromatic rings. The van der Waals surface area contributed by atoms with Gasteiger partial charge < -0.3 is 0 Å². The van der Waals surface area contributed by atoms with Gasteiger partial charge in [0.05, 0.1) is 0 Å². The Kier molecular flexibility index (Phi) is 3.51. The van der Waals surface area contributed by atoms with Gasteiger partial charge in [-0.05, 0) is 5.92 Å². The summed E-state index contributed by atoms with van der Waals surface area (Å²) in [4.78, 5) is 0. The molecule has 0 N–H and O–H groups in total. The molecule has 0 saturated carbocycles. The Morgan fingerprint density at radius 3 is 1.57 bits per heavy atom. The Morgan fingerprint density at radius 1 is 0.857 bits per heavy atom. The van der Waals surface area contributed by atoms with Gasteiger partial charge >= 0.3 is 12.4 Å². The van der Waals surface area contributed by atoms with Crippen molar-refractivity contribution in [1.29, 1.82) is 0 Å². The minimum Gasteiger partial charge on any atom is -0.198 e. The maximum absolute atomic E-state index is 11.9.